The summed E-state index contributed by atoms with van der Waals surface area (Å²) in [6.45, 7) is 18.1. The fourth-order valence-electron chi connectivity index (χ4n) is 2.63. The Hall–Kier alpha value is -0.120. The summed E-state index contributed by atoms with van der Waals surface area (Å²) in [5.74, 6) is 0.784. The van der Waals surface area contributed by atoms with Gasteiger partial charge in [-0.05, 0) is 11.3 Å². The number of rotatable bonds is 3. The highest BCUT2D eigenvalue weighted by molar-refractivity contribution is 4.91. The number of piperazine rings is 1. The summed E-state index contributed by atoms with van der Waals surface area (Å²) in [6.07, 6.45) is 0. The quantitative estimate of drug-likeness (QED) is 0.800. The van der Waals surface area contributed by atoms with Gasteiger partial charge in [0, 0.05) is 51.9 Å². The zero-order chi connectivity index (χ0) is 12.5. The van der Waals surface area contributed by atoms with Crippen molar-refractivity contribution in [2.45, 2.75) is 33.7 Å². The van der Waals surface area contributed by atoms with Crippen LogP contribution in [0.1, 0.15) is 27.7 Å². The second kappa shape index (κ2) is 5.25. The maximum atomic E-state index is 3.43. The third-order valence-corrected chi connectivity index (χ3v) is 4.62. The molecule has 0 radical (unpaired) electrons. The molecule has 0 spiro atoms. The van der Waals surface area contributed by atoms with Gasteiger partial charge in [0.25, 0.3) is 0 Å². The van der Waals surface area contributed by atoms with E-state index >= 15 is 0 Å². The number of hydrogen-bond donors (Lipinski definition) is 1. The van der Waals surface area contributed by atoms with Gasteiger partial charge < -0.3 is 5.32 Å². The first kappa shape index (κ1) is 13.3. The van der Waals surface area contributed by atoms with Crippen molar-refractivity contribution in [3.63, 3.8) is 0 Å². The molecule has 2 aliphatic rings. The van der Waals surface area contributed by atoms with Crippen LogP contribution in [-0.4, -0.2) is 61.7 Å². The van der Waals surface area contributed by atoms with Crippen molar-refractivity contribution in [2.75, 3.05) is 45.8 Å². The van der Waals surface area contributed by atoms with Crippen molar-refractivity contribution in [2.24, 2.45) is 11.3 Å². The lowest BCUT2D eigenvalue weighted by atomic mass is 9.81. The van der Waals surface area contributed by atoms with Gasteiger partial charge in [0.05, 0.1) is 0 Å². The first-order valence-corrected chi connectivity index (χ1v) is 7.14. The standard InChI is InChI=1S/C14H29N3/c1-12(14(2,3)4)9-16-10-13(11-16)17-7-5-15-6-8-17/h12-13,15H,5-11H2,1-4H3. The first-order valence-electron chi connectivity index (χ1n) is 7.14. The number of hydrogen-bond acceptors (Lipinski definition) is 3. The molecule has 0 saturated carbocycles. The van der Waals surface area contributed by atoms with Crippen LogP contribution in [0.4, 0.5) is 0 Å². The molecule has 0 bridgehead atoms. The van der Waals surface area contributed by atoms with Crippen LogP contribution in [0, 0.1) is 11.3 Å². The van der Waals surface area contributed by atoms with Crippen LogP contribution < -0.4 is 5.32 Å². The van der Waals surface area contributed by atoms with Gasteiger partial charge >= 0.3 is 0 Å². The fraction of sp³-hybridized carbons (Fsp3) is 1.00. The molecule has 0 aromatic carbocycles. The Bertz CT molecular complexity index is 234. The fourth-order valence-corrected chi connectivity index (χ4v) is 2.63. The Kier molecular flexibility index (Phi) is 4.11. The lowest BCUT2D eigenvalue weighted by Crippen LogP contribution is -2.63. The molecule has 2 rings (SSSR count). The average Bonchev–Trinajstić information content (AvgIpc) is 2.22. The van der Waals surface area contributed by atoms with Gasteiger partial charge in [0.1, 0.15) is 0 Å². The summed E-state index contributed by atoms with van der Waals surface area (Å²) < 4.78 is 0. The van der Waals surface area contributed by atoms with Gasteiger partial charge in [-0.15, -0.1) is 0 Å². The van der Waals surface area contributed by atoms with Crippen LogP contribution in [-0.2, 0) is 0 Å². The van der Waals surface area contributed by atoms with E-state index in [9.17, 15) is 0 Å². The summed E-state index contributed by atoms with van der Waals surface area (Å²) in [5.41, 5.74) is 0.445. The molecular weight excluding hydrogens is 210 g/mol. The Balaban J connectivity index is 1.68. The van der Waals surface area contributed by atoms with Crippen molar-refractivity contribution >= 4 is 0 Å². The van der Waals surface area contributed by atoms with E-state index in [1.807, 2.05) is 0 Å². The zero-order valence-corrected chi connectivity index (χ0v) is 12.0. The largest absolute Gasteiger partial charge is 0.314 e. The minimum absolute atomic E-state index is 0.445. The minimum Gasteiger partial charge on any atom is -0.314 e. The normalized spacial score (nSPS) is 26.8. The van der Waals surface area contributed by atoms with E-state index in [0.29, 0.717) is 5.41 Å². The predicted molar refractivity (Wildman–Crippen MR) is 73.3 cm³/mol. The molecule has 1 unspecified atom stereocenters. The molecule has 3 nitrogen and oxygen atoms in total. The maximum absolute atomic E-state index is 3.43. The molecule has 2 saturated heterocycles. The monoisotopic (exact) mass is 239 g/mol. The molecule has 0 aromatic rings. The van der Waals surface area contributed by atoms with Crippen molar-refractivity contribution in [3.8, 4) is 0 Å². The molecule has 1 atom stereocenters. The molecule has 0 aliphatic carbocycles. The van der Waals surface area contributed by atoms with Crippen LogP contribution in [0.3, 0.4) is 0 Å². The molecule has 0 amide bonds. The number of nitrogens with zero attached hydrogens (tertiary/aromatic N) is 2. The van der Waals surface area contributed by atoms with E-state index in [2.05, 4.69) is 42.8 Å². The van der Waals surface area contributed by atoms with Crippen molar-refractivity contribution in [3.05, 3.63) is 0 Å². The van der Waals surface area contributed by atoms with Gasteiger partial charge in [-0.1, -0.05) is 27.7 Å². The lowest BCUT2D eigenvalue weighted by Gasteiger charge is -2.48. The molecule has 17 heavy (non-hydrogen) atoms. The Morgan fingerprint density at radius 3 is 2.29 bits per heavy atom. The summed E-state index contributed by atoms with van der Waals surface area (Å²) in [5, 5.41) is 3.43. The summed E-state index contributed by atoms with van der Waals surface area (Å²) in [4.78, 5) is 5.29. The SMILES string of the molecule is CC(CN1CC(N2CCNCC2)C1)C(C)(C)C. The van der Waals surface area contributed by atoms with E-state index in [-0.39, 0.29) is 0 Å². The molecule has 0 aromatic heterocycles. The van der Waals surface area contributed by atoms with Gasteiger partial charge in [-0.3, -0.25) is 9.80 Å². The topological polar surface area (TPSA) is 18.5 Å². The summed E-state index contributed by atoms with van der Waals surface area (Å²) in [7, 11) is 0. The van der Waals surface area contributed by atoms with Crippen LogP contribution >= 0.6 is 0 Å². The molecule has 2 heterocycles. The van der Waals surface area contributed by atoms with E-state index in [0.717, 1.165) is 12.0 Å². The van der Waals surface area contributed by atoms with Gasteiger partial charge in [0.15, 0.2) is 0 Å². The second-order valence-corrected chi connectivity index (χ2v) is 6.93. The lowest BCUT2D eigenvalue weighted by molar-refractivity contribution is 0.00835. The van der Waals surface area contributed by atoms with Crippen LogP contribution in [0.25, 0.3) is 0 Å². The zero-order valence-electron chi connectivity index (χ0n) is 12.0. The van der Waals surface area contributed by atoms with E-state index < -0.39 is 0 Å². The third-order valence-electron chi connectivity index (χ3n) is 4.62. The van der Waals surface area contributed by atoms with Gasteiger partial charge in [0.2, 0.25) is 0 Å². The predicted octanol–water partition coefficient (Wildman–Crippen LogP) is 1.26. The Morgan fingerprint density at radius 2 is 1.76 bits per heavy atom. The Labute approximate surface area is 107 Å². The van der Waals surface area contributed by atoms with Crippen molar-refractivity contribution in [1.29, 1.82) is 0 Å². The summed E-state index contributed by atoms with van der Waals surface area (Å²) in [6, 6.07) is 0.837. The molecular formula is C14H29N3. The third kappa shape index (κ3) is 3.43. The van der Waals surface area contributed by atoms with E-state index in [4.69, 9.17) is 0 Å². The highest BCUT2D eigenvalue weighted by atomic mass is 15.3. The van der Waals surface area contributed by atoms with Gasteiger partial charge in [-0.25, -0.2) is 0 Å². The van der Waals surface area contributed by atoms with E-state index in [1.54, 1.807) is 0 Å². The van der Waals surface area contributed by atoms with Crippen molar-refractivity contribution < 1.29 is 0 Å². The Morgan fingerprint density at radius 1 is 1.18 bits per heavy atom. The molecule has 1 N–H and O–H groups in total. The maximum Gasteiger partial charge on any atom is 0.0351 e. The summed E-state index contributed by atoms with van der Waals surface area (Å²) >= 11 is 0. The van der Waals surface area contributed by atoms with Crippen LogP contribution in [0.5, 0.6) is 0 Å². The highest BCUT2D eigenvalue weighted by Crippen LogP contribution is 2.28. The minimum atomic E-state index is 0.445. The number of likely N-dealkylation sites (tertiary alicyclic amines) is 1. The molecule has 3 heteroatoms. The molecule has 2 fully saturated rings. The van der Waals surface area contributed by atoms with Gasteiger partial charge in [-0.2, -0.15) is 0 Å². The second-order valence-electron chi connectivity index (χ2n) is 6.93. The van der Waals surface area contributed by atoms with Crippen LogP contribution in [0.2, 0.25) is 0 Å². The van der Waals surface area contributed by atoms with Crippen molar-refractivity contribution in [1.82, 2.24) is 15.1 Å². The highest BCUT2D eigenvalue weighted by Gasteiger charge is 2.34. The molecule has 100 valence electrons. The van der Waals surface area contributed by atoms with E-state index in [1.165, 1.54) is 45.8 Å². The number of nitrogens with one attached hydrogen (secondary N) is 1. The molecule has 2 aliphatic heterocycles. The smallest absolute Gasteiger partial charge is 0.0351 e. The average molecular weight is 239 g/mol. The van der Waals surface area contributed by atoms with Crippen LogP contribution in [0.15, 0.2) is 0 Å². The first-order chi connectivity index (χ1) is 7.97.